The summed E-state index contributed by atoms with van der Waals surface area (Å²) in [6.45, 7) is 1.26. The second kappa shape index (κ2) is 6.63. The van der Waals surface area contributed by atoms with Crippen molar-refractivity contribution in [1.82, 2.24) is 14.3 Å². The van der Waals surface area contributed by atoms with Crippen LogP contribution in [0.4, 0.5) is 5.69 Å². The van der Waals surface area contributed by atoms with Crippen LogP contribution in [0.1, 0.15) is 6.42 Å². The van der Waals surface area contributed by atoms with E-state index in [1.54, 1.807) is 18.3 Å². The van der Waals surface area contributed by atoms with Crippen LogP contribution in [0.15, 0.2) is 47.5 Å². The summed E-state index contributed by atoms with van der Waals surface area (Å²) in [6, 6.07) is 10.9. The van der Waals surface area contributed by atoms with Crippen molar-refractivity contribution in [2.75, 3.05) is 32.1 Å². The Morgan fingerprint density at radius 2 is 2.07 bits per heavy atom. The zero-order chi connectivity index (χ0) is 19.2. The second-order valence-corrected chi connectivity index (χ2v) is 9.13. The van der Waals surface area contributed by atoms with Gasteiger partial charge in [-0.25, -0.2) is 12.7 Å². The monoisotopic (exact) mass is 386 g/mol. The molecule has 0 saturated carbocycles. The van der Waals surface area contributed by atoms with Crippen molar-refractivity contribution < 1.29 is 13.5 Å². The van der Waals surface area contributed by atoms with Gasteiger partial charge in [-0.1, -0.05) is 0 Å². The summed E-state index contributed by atoms with van der Waals surface area (Å²) in [4.78, 5) is 10.0. The summed E-state index contributed by atoms with van der Waals surface area (Å²) >= 11 is 0. The molecule has 0 bridgehead atoms. The van der Waals surface area contributed by atoms with E-state index in [-0.39, 0.29) is 11.0 Å². The Balaban J connectivity index is 1.89. The van der Waals surface area contributed by atoms with E-state index in [1.165, 1.54) is 18.4 Å². The number of β-amino-alcohol motifs (C(OH)–C–C–N with tert-alkyl or cyclic N) is 1. The van der Waals surface area contributed by atoms with Gasteiger partial charge in [-0.3, -0.25) is 4.98 Å². The molecular formula is C19H22N4O3S. The van der Waals surface area contributed by atoms with Crippen LogP contribution in [-0.4, -0.2) is 61.1 Å². The fraction of sp³-hybridized carbons (Fsp3) is 0.316. The molecule has 0 amide bonds. The number of nitrogens with zero attached hydrogens (tertiary/aromatic N) is 3. The van der Waals surface area contributed by atoms with Crippen LogP contribution < -0.4 is 4.90 Å². The van der Waals surface area contributed by atoms with Gasteiger partial charge in [0.1, 0.15) is 0 Å². The van der Waals surface area contributed by atoms with Gasteiger partial charge in [0.05, 0.1) is 27.7 Å². The largest absolute Gasteiger partial charge is 0.391 e. The Morgan fingerprint density at radius 3 is 2.74 bits per heavy atom. The molecule has 2 aromatic heterocycles. The molecular weight excluding hydrogens is 364 g/mol. The van der Waals surface area contributed by atoms with E-state index in [4.69, 9.17) is 0 Å². The number of rotatable bonds is 4. The highest BCUT2D eigenvalue weighted by Gasteiger charge is 2.26. The highest BCUT2D eigenvalue weighted by molar-refractivity contribution is 7.89. The highest BCUT2D eigenvalue weighted by atomic mass is 32.2. The number of fused-ring (bicyclic) bond motifs is 1. The lowest BCUT2D eigenvalue weighted by molar-refractivity contribution is 0.198. The third kappa shape index (κ3) is 3.20. The number of aromatic nitrogens is 2. The molecule has 1 aliphatic rings. The van der Waals surface area contributed by atoms with Crippen LogP contribution >= 0.6 is 0 Å². The molecule has 1 aromatic carbocycles. The number of anilines is 1. The van der Waals surface area contributed by atoms with Gasteiger partial charge in [0.25, 0.3) is 0 Å². The number of hydrogen-bond donors (Lipinski definition) is 2. The predicted octanol–water partition coefficient (Wildman–Crippen LogP) is 2.05. The molecule has 27 heavy (non-hydrogen) atoms. The van der Waals surface area contributed by atoms with E-state index in [2.05, 4.69) is 14.9 Å². The summed E-state index contributed by atoms with van der Waals surface area (Å²) in [6.07, 6.45) is 2.06. The highest BCUT2D eigenvalue weighted by Crippen LogP contribution is 2.36. The van der Waals surface area contributed by atoms with Gasteiger partial charge in [-0.15, -0.1) is 0 Å². The van der Waals surface area contributed by atoms with Crippen molar-refractivity contribution in [3.63, 3.8) is 0 Å². The maximum atomic E-state index is 12.6. The van der Waals surface area contributed by atoms with Crippen molar-refractivity contribution in [3.8, 4) is 11.3 Å². The first-order chi connectivity index (χ1) is 12.9. The molecule has 1 atom stereocenters. The SMILES string of the molecule is CN(C)S(=O)(=O)c1ccc(N2CC[C@H](O)C2)c(-c2cc3ncccc3[nH]2)c1. The molecule has 3 heterocycles. The van der Waals surface area contributed by atoms with Crippen molar-refractivity contribution in [3.05, 3.63) is 42.6 Å². The van der Waals surface area contributed by atoms with Gasteiger partial charge in [0.15, 0.2) is 0 Å². The van der Waals surface area contributed by atoms with E-state index in [9.17, 15) is 13.5 Å². The van der Waals surface area contributed by atoms with E-state index in [1.807, 2.05) is 24.3 Å². The van der Waals surface area contributed by atoms with Gasteiger partial charge < -0.3 is 15.0 Å². The van der Waals surface area contributed by atoms with Crippen molar-refractivity contribution >= 4 is 26.7 Å². The van der Waals surface area contributed by atoms with Crippen molar-refractivity contribution in [1.29, 1.82) is 0 Å². The minimum atomic E-state index is -3.55. The Kier molecular flexibility index (Phi) is 4.41. The van der Waals surface area contributed by atoms with Gasteiger partial charge in [-0.2, -0.15) is 0 Å². The number of benzene rings is 1. The van der Waals surface area contributed by atoms with E-state index < -0.39 is 10.0 Å². The molecule has 3 aromatic rings. The first kappa shape index (κ1) is 18.0. The number of aromatic amines is 1. The lowest BCUT2D eigenvalue weighted by Crippen LogP contribution is -2.24. The van der Waals surface area contributed by atoms with E-state index in [0.29, 0.717) is 13.0 Å². The average molecular weight is 386 g/mol. The molecule has 1 fully saturated rings. The molecule has 0 aliphatic carbocycles. The minimum absolute atomic E-state index is 0.234. The Labute approximate surface area is 158 Å². The van der Waals surface area contributed by atoms with Crippen molar-refractivity contribution in [2.24, 2.45) is 0 Å². The van der Waals surface area contributed by atoms with Gasteiger partial charge >= 0.3 is 0 Å². The summed E-state index contributed by atoms with van der Waals surface area (Å²) < 4.78 is 26.5. The summed E-state index contributed by atoms with van der Waals surface area (Å²) in [7, 11) is -0.512. The van der Waals surface area contributed by atoms with Crippen LogP contribution in [0.2, 0.25) is 0 Å². The smallest absolute Gasteiger partial charge is 0.242 e. The molecule has 1 aliphatic heterocycles. The summed E-state index contributed by atoms with van der Waals surface area (Å²) in [5, 5.41) is 9.93. The third-order valence-electron chi connectivity index (χ3n) is 4.93. The van der Waals surface area contributed by atoms with Gasteiger partial charge in [-0.05, 0) is 42.8 Å². The molecule has 4 rings (SSSR count). The van der Waals surface area contributed by atoms with Crippen molar-refractivity contribution in [2.45, 2.75) is 17.4 Å². The van der Waals surface area contributed by atoms with Crippen LogP contribution in [0.25, 0.3) is 22.3 Å². The third-order valence-corrected chi connectivity index (χ3v) is 6.74. The maximum Gasteiger partial charge on any atom is 0.242 e. The molecule has 2 N–H and O–H groups in total. The number of aliphatic hydroxyl groups excluding tert-OH is 1. The van der Waals surface area contributed by atoms with Gasteiger partial charge in [0.2, 0.25) is 10.0 Å². The topological polar surface area (TPSA) is 89.5 Å². The number of pyridine rings is 1. The second-order valence-electron chi connectivity index (χ2n) is 6.97. The Hall–Kier alpha value is -2.42. The van der Waals surface area contributed by atoms with Crippen LogP contribution in [-0.2, 0) is 10.0 Å². The quantitative estimate of drug-likeness (QED) is 0.716. The lowest BCUT2D eigenvalue weighted by Gasteiger charge is -2.22. The fourth-order valence-electron chi connectivity index (χ4n) is 3.44. The molecule has 142 valence electrons. The van der Waals surface area contributed by atoms with E-state index in [0.717, 1.165) is 34.5 Å². The van der Waals surface area contributed by atoms with Crippen LogP contribution in [0, 0.1) is 0 Å². The molecule has 0 unspecified atom stereocenters. The molecule has 1 saturated heterocycles. The maximum absolute atomic E-state index is 12.6. The standard InChI is InChI=1S/C19H22N4O3S/c1-22(2)27(25,26)14-5-6-19(23-9-7-13(24)12-23)15(10-14)17-11-18-16(21-17)4-3-8-20-18/h3-6,8,10-11,13,21,24H,7,9,12H2,1-2H3/t13-/m0/s1. The van der Waals surface area contributed by atoms with E-state index >= 15 is 0 Å². The Morgan fingerprint density at radius 1 is 1.26 bits per heavy atom. The number of H-pyrrole nitrogens is 1. The van der Waals surface area contributed by atoms with Gasteiger partial charge in [0, 0.05) is 44.6 Å². The fourth-order valence-corrected chi connectivity index (χ4v) is 4.37. The average Bonchev–Trinajstić information content (AvgIpc) is 3.27. The molecule has 7 nitrogen and oxygen atoms in total. The normalized spacial score (nSPS) is 17.9. The summed E-state index contributed by atoms with van der Waals surface area (Å²) in [5.41, 5.74) is 4.19. The molecule has 0 radical (unpaired) electrons. The number of hydrogen-bond acceptors (Lipinski definition) is 5. The first-order valence-electron chi connectivity index (χ1n) is 8.80. The summed E-state index contributed by atoms with van der Waals surface area (Å²) in [5.74, 6) is 0. The zero-order valence-electron chi connectivity index (χ0n) is 15.3. The lowest BCUT2D eigenvalue weighted by atomic mass is 10.1. The Bertz CT molecular complexity index is 1060. The number of sulfonamides is 1. The van der Waals surface area contributed by atoms with Crippen LogP contribution in [0.3, 0.4) is 0 Å². The zero-order valence-corrected chi connectivity index (χ0v) is 16.1. The number of nitrogens with one attached hydrogen (secondary N) is 1. The molecule has 8 heteroatoms. The minimum Gasteiger partial charge on any atom is -0.391 e. The predicted molar refractivity (Wildman–Crippen MR) is 105 cm³/mol. The molecule has 0 spiro atoms. The van der Waals surface area contributed by atoms with Crippen LogP contribution in [0.5, 0.6) is 0 Å². The number of aliphatic hydroxyl groups is 1. The first-order valence-corrected chi connectivity index (χ1v) is 10.2.